The fourth-order valence-corrected chi connectivity index (χ4v) is 3.19. The molecule has 0 saturated heterocycles. The lowest BCUT2D eigenvalue weighted by atomic mass is 10.1. The van der Waals surface area contributed by atoms with Crippen LogP contribution in [0.3, 0.4) is 0 Å². The second kappa shape index (κ2) is 7.15. The van der Waals surface area contributed by atoms with E-state index in [0.29, 0.717) is 11.9 Å². The molecule has 136 valence electrons. The summed E-state index contributed by atoms with van der Waals surface area (Å²) in [5.74, 6) is 0.473. The lowest BCUT2D eigenvalue weighted by Gasteiger charge is -2.10. The molecule has 26 heavy (non-hydrogen) atoms. The Kier molecular flexibility index (Phi) is 4.93. The van der Waals surface area contributed by atoms with Crippen molar-refractivity contribution >= 4 is 16.8 Å². The Morgan fingerprint density at radius 3 is 2.73 bits per heavy atom. The first-order valence-electron chi connectivity index (χ1n) is 8.68. The highest BCUT2D eigenvalue weighted by molar-refractivity contribution is 5.97. The van der Waals surface area contributed by atoms with Gasteiger partial charge in [0.1, 0.15) is 11.3 Å². The van der Waals surface area contributed by atoms with Gasteiger partial charge >= 0.3 is 0 Å². The number of rotatable bonds is 5. The third-order valence-electron chi connectivity index (χ3n) is 4.66. The van der Waals surface area contributed by atoms with Gasteiger partial charge < -0.3 is 14.4 Å². The molecule has 2 heterocycles. The zero-order valence-corrected chi connectivity index (χ0v) is 15.5. The Labute approximate surface area is 151 Å². The second-order valence-electron chi connectivity index (χ2n) is 6.67. The van der Waals surface area contributed by atoms with E-state index in [2.05, 4.69) is 10.5 Å². The molecular weight excluding hydrogens is 330 g/mol. The van der Waals surface area contributed by atoms with Crippen molar-refractivity contribution in [1.82, 2.24) is 15.0 Å². The summed E-state index contributed by atoms with van der Waals surface area (Å²) in [5, 5.41) is 7.34. The van der Waals surface area contributed by atoms with Gasteiger partial charge in [-0.1, -0.05) is 16.8 Å². The summed E-state index contributed by atoms with van der Waals surface area (Å²) < 4.78 is 6.96. The normalized spacial score (nSPS) is 11.1. The van der Waals surface area contributed by atoms with Crippen LogP contribution in [0.4, 0.5) is 0 Å². The molecule has 0 bridgehead atoms. The summed E-state index contributed by atoms with van der Waals surface area (Å²) in [7, 11) is 1.84. The van der Waals surface area contributed by atoms with Gasteiger partial charge in [0.15, 0.2) is 0 Å². The van der Waals surface area contributed by atoms with Gasteiger partial charge in [0.25, 0.3) is 5.91 Å². The van der Waals surface area contributed by atoms with Gasteiger partial charge in [0.2, 0.25) is 5.43 Å². The highest BCUT2D eigenvalue weighted by Crippen LogP contribution is 2.14. The van der Waals surface area contributed by atoms with Crippen molar-refractivity contribution < 1.29 is 9.32 Å². The van der Waals surface area contributed by atoms with E-state index in [0.717, 1.165) is 40.9 Å². The number of hydrogen-bond acceptors (Lipinski definition) is 4. The van der Waals surface area contributed by atoms with Crippen LogP contribution in [0.15, 0.2) is 33.7 Å². The molecule has 0 radical (unpaired) electrons. The largest absolute Gasteiger partial charge is 0.361 e. The highest BCUT2D eigenvalue weighted by atomic mass is 16.5. The van der Waals surface area contributed by atoms with Crippen LogP contribution in [0, 0.1) is 20.8 Å². The maximum absolute atomic E-state index is 12.7. The zero-order chi connectivity index (χ0) is 18.8. The van der Waals surface area contributed by atoms with Crippen molar-refractivity contribution in [2.45, 2.75) is 33.6 Å². The van der Waals surface area contributed by atoms with E-state index in [1.807, 2.05) is 50.6 Å². The van der Waals surface area contributed by atoms with Crippen LogP contribution >= 0.6 is 0 Å². The minimum absolute atomic E-state index is 0.169. The molecule has 6 nitrogen and oxygen atoms in total. The molecule has 1 amide bonds. The molecule has 3 rings (SSSR count). The van der Waals surface area contributed by atoms with Crippen molar-refractivity contribution in [3.8, 4) is 0 Å². The van der Waals surface area contributed by atoms with Gasteiger partial charge in [-0.2, -0.15) is 0 Å². The average molecular weight is 353 g/mol. The monoisotopic (exact) mass is 353 g/mol. The maximum atomic E-state index is 12.7. The molecule has 0 spiro atoms. The Morgan fingerprint density at radius 2 is 2.04 bits per heavy atom. The van der Waals surface area contributed by atoms with Gasteiger partial charge in [-0.15, -0.1) is 0 Å². The van der Waals surface area contributed by atoms with Crippen LogP contribution in [-0.4, -0.2) is 22.2 Å². The average Bonchev–Trinajstić information content (AvgIpc) is 2.93. The van der Waals surface area contributed by atoms with Gasteiger partial charge in [0, 0.05) is 30.7 Å². The Morgan fingerprint density at radius 1 is 1.27 bits per heavy atom. The molecule has 0 saturated carbocycles. The molecule has 3 aromatic rings. The fraction of sp³-hybridized carbons (Fsp3) is 0.350. The summed E-state index contributed by atoms with van der Waals surface area (Å²) in [4.78, 5) is 25.2. The molecule has 0 aliphatic heterocycles. The van der Waals surface area contributed by atoms with Crippen molar-refractivity contribution in [1.29, 1.82) is 0 Å². The van der Waals surface area contributed by atoms with Crippen molar-refractivity contribution in [3.63, 3.8) is 0 Å². The predicted molar refractivity (Wildman–Crippen MR) is 101 cm³/mol. The van der Waals surface area contributed by atoms with Crippen LogP contribution < -0.4 is 10.7 Å². The number of benzene rings is 1. The minimum atomic E-state index is -0.340. The fourth-order valence-electron chi connectivity index (χ4n) is 3.19. The third kappa shape index (κ3) is 3.40. The summed E-state index contributed by atoms with van der Waals surface area (Å²) in [6, 6.07) is 5.68. The first kappa shape index (κ1) is 17.9. The predicted octanol–water partition coefficient (Wildman–Crippen LogP) is 2.81. The van der Waals surface area contributed by atoms with E-state index in [9.17, 15) is 9.59 Å². The van der Waals surface area contributed by atoms with E-state index in [1.54, 1.807) is 6.20 Å². The van der Waals surface area contributed by atoms with Gasteiger partial charge in [0.05, 0.1) is 11.2 Å². The Hall–Kier alpha value is -2.89. The topological polar surface area (TPSA) is 77.1 Å². The smallest absolute Gasteiger partial charge is 0.256 e. The summed E-state index contributed by atoms with van der Waals surface area (Å²) >= 11 is 0. The number of nitrogens with one attached hydrogen (secondary N) is 1. The molecule has 0 unspecified atom stereocenters. The molecule has 0 atom stereocenters. The van der Waals surface area contributed by atoms with E-state index in [-0.39, 0.29) is 16.9 Å². The highest BCUT2D eigenvalue weighted by Gasteiger charge is 2.15. The third-order valence-corrected chi connectivity index (χ3v) is 4.66. The zero-order valence-electron chi connectivity index (χ0n) is 15.5. The van der Waals surface area contributed by atoms with Gasteiger partial charge in [-0.3, -0.25) is 9.59 Å². The van der Waals surface area contributed by atoms with Gasteiger partial charge in [-0.05, 0) is 45.7 Å². The lowest BCUT2D eigenvalue weighted by molar-refractivity contribution is 0.0951. The SMILES string of the molecule is Cc1ccc2c(c1)c(=O)c(C(=O)NCCCc1c(C)noc1C)cn2C. The number of hydrogen-bond donors (Lipinski definition) is 1. The van der Waals surface area contributed by atoms with E-state index < -0.39 is 0 Å². The Balaban J connectivity index is 1.72. The van der Waals surface area contributed by atoms with Crippen molar-refractivity contribution in [3.05, 3.63) is 62.8 Å². The molecule has 0 aliphatic rings. The molecular formula is C20H23N3O3. The number of carbonyl (C=O) groups excluding carboxylic acids is 1. The number of amides is 1. The van der Waals surface area contributed by atoms with E-state index in [1.165, 1.54) is 0 Å². The molecule has 6 heteroatoms. The van der Waals surface area contributed by atoms with E-state index in [4.69, 9.17) is 4.52 Å². The molecule has 1 aromatic carbocycles. The summed E-state index contributed by atoms with van der Waals surface area (Å²) in [5.41, 5.74) is 3.71. The van der Waals surface area contributed by atoms with Gasteiger partial charge in [-0.25, -0.2) is 0 Å². The number of carbonyl (C=O) groups is 1. The standard InChI is InChI=1S/C20H23N3O3/c1-12-7-8-18-16(10-12)19(24)17(11-23(18)4)20(25)21-9-5-6-15-13(2)22-26-14(15)3/h7-8,10-11H,5-6,9H2,1-4H3,(H,21,25). The van der Waals surface area contributed by atoms with Crippen LogP contribution in [-0.2, 0) is 13.5 Å². The van der Waals surface area contributed by atoms with Crippen LogP contribution in [0.5, 0.6) is 0 Å². The number of pyridine rings is 1. The van der Waals surface area contributed by atoms with Crippen LogP contribution in [0.25, 0.3) is 10.9 Å². The van der Waals surface area contributed by atoms with Crippen molar-refractivity contribution in [2.75, 3.05) is 6.54 Å². The first-order valence-corrected chi connectivity index (χ1v) is 8.68. The molecule has 2 aromatic heterocycles. The van der Waals surface area contributed by atoms with Crippen LogP contribution in [0.1, 0.15) is 39.4 Å². The second-order valence-corrected chi connectivity index (χ2v) is 6.67. The Bertz CT molecular complexity index is 1010. The molecule has 0 aliphatic carbocycles. The lowest BCUT2D eigenvalue weighted by Crippen LogP contribution is -2.30. The maximum Gasteiger partial charge on any atom is 0.256 e. The minimum Gasteiger partial charge on any atom is -0.361 e. The molecule has 0 fully saturated rings. The molecule has 1 N–H and O–H groups in total. The quantitative estimate of drug-likeness (QED) is 0.716. The number of nitrogens with zero attached hydrogens (tertiary/aromatic N) is 2. The first-order chi connectivity index (χ1) is 12.4. The number of fused-ring (bicyclic) bond motifs is 1. The number of aromatic nitrogens is 2. The number of aryl methyl sites for hydroxylation is 4. The van der Waals surface area contributed by atoms with Crippen molar-refractivity contribution in [2.24, 2.45) is 7.05 Å². The summed E-state index contributed by atoms with van der Waals surface area (Å²) in [6.45, 7) is 6.21. The van der Waals surface area contributed by atoms with E-state index >= 15 is 0 Å². The van der Waals surface area contributed by atoms with Crippen LogP contribution in [0.2, 0.25) is 0 Å². The summed E-state index contributed by atoms with van der Waals surface area (Å²) in [6.07, 6.45) is 3.13.